The number of primary amides is 1. The van der Waals surface area contributed by atoms with Gasteiger partial charge in [0, 0.05) is 29.7 Å². The highest BCUT2D eigenvalue weighted by molar-refractivity contribution is 9.10. The average Bonchev–Trinajstić information content (AvgIpc) is 2.46. The molecule has 1 amide bonds. The minimum absolute atomic E-state index is 0. The lowest BCUT2D eigenvalue weighted by molar-refractivity contribution is -0.119. The number of nitrogens with two attached hydrogens (primary N) is 1. The molecule has 5 nitrogen and oxygen atoms in total. The van der Waals surface area contributed by atoms with Gasteiger partial charge in [-0.05, 0) is 31.3 Å². The summed E-state index contributed by atoms with van der Waals surface area (Å²) < 4.78 is 6.41. The highest BCUT2D eigenvalue weighted by atomic mass is 79.9. The van der Waals surface area contributed by atoms with Gasteiger partial charge in [0.1, 0.15) is 5.75 Å². The van der Waals surface area contributed by atoms with E-state index in [2.05, 4.69) is 40.0 Å². The van der Waals surface area contributed by atoms with E-state index in [0.29, 0.717) is 12.3 Å². The molecule has 0 heterocycles. The molecule has 0 spiro atoms. The molecule has 23 heavy (non-hydrogen) atoms. The lowest BCUT2D eigenvalue weighted by Gasteiger charge is -2.18. The van der Waals surface area contributed by atoms with Crippen LogP contribution >= 0.6 is 40.7 Å². The number of likely N-dealkylation sites (N-methyl/N-ethyl adjacent to an activating group) is 1. The Balaban J connectivity index is 0. The first-order valence-electron chi connectivity index (χ1n) is 7.19. The van der Waals surface area contributed by atoms with Crippen LogP contribution < -0.4 is 15.8 Å². The van der Waals surface area contributed by atoms with Gasteiger partial charge in [-0.2, -0.15) is 0 Å². The predicted molar refractivity (Wildman–Crippen MR) is 103 cm³/mol. The standard InChI is InChI=1S/C15H24BrN3O2.2ClH/c1-3-19(4-2)8-7-18-10-12-9-13(16)5-6-14(12)21-11-15(17)20;;/h5-6,9,18H,3-4,7-8,10-11H2,1-2H3,(H2,17,20);2*1H. The highest BCUT2D eigenvalue weighted by Crippen LogP contribution is 2.23. The zero-order valence-corrected chi connectivity index (χ0v) is 16.7. The van der Waals surface area contributed by atoms with Crippen molar-refractivity contribution in [2.24, 2.45) is 5.73 Å². The summed E-state index contributed by atoms with van der Waals surface area (Å²) in [5.41, 5.74) is 6.12. The molecule has 8 heteroatoms. The van der Waals surface area contributed by atoms with E-state index in [1.807, 2.05) is 18.2 Å². The molecule has 0 bridgehead atoms. The third-order valence-electron chi connectivity index (χ3n) is 3.21. The van der Waals surface area contributed by atoms with Gasteiger partial charge in [-0.25, -0.2) is 0 Å². The van der Waals surface area contributed by atoms with Crippen LogP contribution in [0, 0.1) is 0 Å². The fourth-order valence-electron chi connectivity index (χ4n) is 1.98. The minimum atomic E-state index is -0.474. The van der Waals surface area contributed by atoms with E-state index in [1.54, 1.807) is 0 Å². The Bertz CT molecular complexity index is 460. The number of nitrogens with zero attached hydrogens (tertiary/aromatic N) is 1. The van der Waals surface area contributed by atoms with Crippen molar-refractivity contribution in [2.45, 2.75) is 20.4 Å². The van der Waals surface area contributed by atoms with E-state index in [-0.39, 0.29) is 31.4 Å². The predicted octanol–water partition coefficient (Wildman–Crippen LogP) is 2.59. The van der Waals surface area contributed by atoms with Crippen LogP contribution in [0.2, 0.25) is 0 Å². The highest BCUT2D eigenvalue weighted by Gasteiger charge is 2.06. The van der Waals surface area contributed by atoms with Gasteiger partial charge < -0.3 is 20.7 Å². The Labute approximate surface area is 159 Å². The van der Waals surface area contributed by atoms with Crippen molar-refractivity contribution in [3.8, 4) is 5.75 Å². The number of rotatable bonds is 10. The Kier molecular flexibility index (Phi) is 14.9. The molecule has 134 valence electrons. The van der Waals surface area contributed by atoms with Crippen LogP contribution in [0.3, 0.4) is 0 Å². The van der Waals surface area contributed by atoms with Gasteiger partial charge in [0.25, 0.3) is 5.91 Å². The molecule has 0 radical (unpaired) electrons. The van der Waals surface area contributed by atoms with Crippen molar-refractivity contribution >= 4 is 46.7 Å². The van der Waals surface area contributed by atoms with E-state index >= 15 is 0 Å². The van der Waals surface area contributed by atoms with Crippen LogP contribution in [-0.2, 0) is 11.3 Å². The first-order chi connectivity index (χ1) is 10.1. The fraction of sp³-hybridized carbons (Fsp3) is 0.533. The first kappa shape index (κ1) is 24.7. The van der Waals surface area contributed by atoms with Crippen molar-refractivity contribution in [3.05, 3.63) is 28.2 Å². The summed E-state index contributed by atoms with van der Waals surface area (Å²) in [6.07, 6.45) is 0. The number of carbonyl (C=O) groups excluding carboxylic acids is 1. The third kappa shape index (κ3) is 10.0. The second-order valence-corrected chi connectivity index (χ2v) is 5.63. The lowest BCUT2D eigenvalue weighted by atomic mass is 10.2. The van der Waals surface area contributed by atoms with Crippen LogP contribution in [0.15, 0.2) is 22.7 Å². The Morgan fingerprint density at radius 2 is 1.96 bits per heavy atom. The molecular weight excluding hydrogens is 405 g/mol. The summed E-state index contributed by atoms with van der Waals surface area (Å²) in [5.74, 6) is 0.214. The molecule has 0 aliphatic carbocycles. The Morgan fingerprint density at radius 3 is 2.52 bits per heavy atom. The van der Waals surface area contributed by atoms with Crippen molar-refractivity contribution in [1.82, 2.24) is 10.2 Å². The summed E-state index contributed by atoms with van der Waals surface area (Å²) in [7, 11) is 0. The van der Waals surface area contributed by atoms with Gasteiger partial charge in [-0.3, -0.25) is 4.79 Å². The molecule has 3 N–H and O–H groups in total. The number of amides is 1. The number of ether oxygens (including phenoxy) is 1. The molecule has 0 saturated heterocycles. The van der Waals surface area contributed by atoms with E-state index in [4.69, 9.17) is 10.5 Å². The summed E-state index contributed by atoms with van der Waals surface area (Å²) in [6.45, 7) is 8.94. The maximum atomic E-state index is 10.8. The molecule has 0 unspecified atom stereocenters. The summed E-state index contributed by atoms with van der Waals surface area (Å²) in [4.78, 5) is 13.2. The largest absolute Gasteiger partial charge is 0.483 e. The summed E-state index contributed by atoms with van der Waals surface area (Å²) >= 11 is 3.45. The SMILES string of the molecule is CCN(CC)CCNCc1cc(Br)ccc1OCC(N)=O.Cl.Cl. The van der Waals surface area contributed by atoms with Crippen LogP contribution in [0.25, 0.3) is 0 Å². The lowest BCUT2D eigenvalue weighted by Crippen LogP contribution is -2.31. The van der Waals surface area contributed by atoms with Gasteiger partial charge in [0.05, 0.1) is 0 Å². The van der Waals surface area contributed by atoms with Crippen LogP contribution in [-0.4, -0.2) is 43.6 Å². The number of halogens is 3. The minimum Gasteiger partial charge on any atom is -0.483 e. The van der Waals surface area contributed by atoms with Crippen LogP contribution in [0.1, 0.15) is 19.4 Å². The zero-order valence-electron chi connectivity index (χ0n) is 13.5. The normalized spacial score (nSPS) is 9.91. The van der Waals surface area contributed by atoms with Gasteiger partial charge in [0.15, 0.2) is 6.61 Å². The third-order valence-corrected chi connectivity index (χ3v) is 3.70. The molecule has 0 aliphatic heterocycles. The number of carbonyl (C=O) groups is 1. The van der Waals surface area contributed by atoms with Crippen molar-refractivity contribution in [3.63, 3.8) is 0 Å². The summed E-state index contributed by atoms with van der Waals surface area (Å²) in [6, 6.07) is 5.71. The fourth-order valence-corrected chi connectivity index (χ4v) is 2.38. The maximum absolute atomic E-state index is 10.8. The topological polar surface area (TPSA) is 67.6 Å². The number of hydrogen-bond acceptors (Lipinski definition) is 4. The monoisotopic (exact) mass is 429 g/mol. The second kappa shape index (κ2) is 13.9. The average molecular weight is 431 g/mol. The van der Waals surface area contributed by atoms with Crippen LogP contribution in [0.5, 0.6) is 5.75 Å². The maximum Gasteiger partial charge on any atom is 0.255 e. The number of benzene rings is 1. The van der Waals surface area contributed by atoms with E-state index in [9.17, 15) is 4.79 Å². The van der Waals surface area contributed by atoms with Gasteiger partial charge in [-0.1, -0.05) is 29.8 Å². The van der Waals surface area contributed by atoms with Gasteiger partial charge in [0.2, 0.25) is 0 Å². The smallest absolute Gasteiger partial charge is 0.255 e. The molecular formula is C15H26BrCl2N3O2. The van der Waals surface area contributed by atoms with E-state index in [1.165, 1.54) is 0 Å². The molecule has 0 aliphatic rings. The van der Waals surface area contributed by atoms with Crippen molar-refractivity contribution in [2.75, 3.05) is 32.8 Å². The Hall–Kier alpha value is -0.530. The van der Waals surface area contributed by atoms with E-state index in [0.717, 1.165) is 36.2 Å². The van der Waals surface area contributed by atoms with Gasteiger partial charge >= 0.3 is 0 Å². The Morgan fingerprint density at radius 1 is 1.30 bits per heavy atom. The van der Waals surface area contributed by atoms with Crippen LogP contribution in [0.4, 0.5) is 0 Å². The van der Waals surface area contributed by atoms with Crippen molar-refractivity contribution < 1.29 is 9.53 Å². The summed E-state index contributed by atoms with van der Waals surface area (Å²) in [5, 5.41) is 3.40. The molecule has 0 saturated carbocycles. The molecule has 1 aromatic carbocycles. The van der Waals surface area contributed by atoms with Gasteiger partial charge in [-0.15, -0.1) is 24.8 Å². The second-order valence-electron chi connectivity index (χ2n) is 4.71. The van der Waals surface area contributed by atoms with Crippen molar-refractivity contribution in [1.29, 1.82) is 0 Å². The number of nitrogens with one attached hydrogen (secondary N) is 1. The molecule has 1 aromatic rings. The zero-order chi connectivity index (χ0) is 15.7. The molecule has 1 rings (SSSR count). The quantitative estimate of drug-likeness (QED) is 0.559. The molecule has 0 atom stereocenters. The first-order valence-corrected chi connectivity index (χ1v) is 7.98. The number of hydrogen-bond donors (Lipinski definition) is 2. The van der Waals surface area contributed by atoms with E-state index < -0.39 is 5.91 Å². The molecule has 0 aromatic heterocycles. The molecule has 0 fully saturated rings.